The van der Waals surface area contributed by atoms with Crippen molar-refractivity contribution in [2.24, 2.45) is 0 Å². The number of amides is 1. The van der Waals surface area contributed by atoms with Gasteiger partial charge >= 0.3 is 0 Å². The summed E-state index contributed by atoms with van der Waals surface area (Å²) in [6, 6.07) is 6.58. The zero-order chi connectivity index (χ0) is 11.3. The second kappa shape index (κ2) is 4.99. The standard InChI is InChI=1S/C10H11FN2O2/c1-15-6-7(11)10(14)13-9-5-3-2-4-8(9)12/h2-6H,12H2,1H3,(H,13,14)/b7-6-. The molecule has 1 rings (SSSR count). The van der Waals surface area contributed by atoms with Crippen LogP contribution in [0.4, 0.5) is 15.8 Å². The molecule has 0 aromatic heterocycles. The molecule has 3 N–H and O–H groups in total. The van der Waals surface area contributed by atoms with Gasteiger partial charge in [-0.15, -0.1) is 0 Å². The van der Waals surface area contributed by atoms with Gasteiger partial charge in [0.05, 0.1) is 18.5 Å². The zero-order valence-electron chi connectivity index (χ0n) is 8.16. The van der Waals surface area contributed by atoms with Gasteiger partial charge in [0.25, 0.3) is 5.91 Å². The first-order chi connectivity index (χ1) is 7.15. The minimum Gasteiger partial charge on any atom is -0.501 e. The van der Waals surface area contributed by atoms with Crippen molar-refractivity contribution in [2.75, 3.05) is 18.2 Å². The minimum atomic E-state index is -1.01. The molecule has 0 unspecified atom stereocenters. The van der Waals surface area contributed by atoms with Crippen molar-refractivity contribution in [1.29, 1.82) is 0 Å². The van der Waals surface area contributed by atoms with E-state index in [-0.39, 0.29) is 0 Å². The second-order valence-electron chi connectivity index (χ2n) is 2.74. The predicted octanol–water partition coefficient (Wildman–Crippen LogP) is 1.66. The van der Waals surface area contributed by atoms with Crippen LogP contribution in [0.5, 0.6) is 0 Å². The van der Waals surface area contributed by atoms with Crippen molar-refractivity contribution in [1.82, 2.24) is 0 Å². The summed E-state index contributed by atoms with van der Waals surface area (Å²) in [5, 5.41) is 2.31. The molecule has 4 nitrogen and oxygen atoms in total. The fraction of sp³-hybridized carbons (Fsp3) is 0.100. The van der Waals surface area contributed by atoms with E-state index in [4.69, 9.17) is 5.73 Å². The lowest BCUT2D eigenvalue weighted by Crippen LogP contribution is -2.13. The highest BCUT2D eigenvalue weighted by molar-refractivity contribution is 6.03. The first kappa shape index (κ1) is 11.0. The highest BCUT2D eigenvalue weighted by Crippen LogP contribution is 2.17. The normalized spacial score (nSPS) is 10.9. The second-order valence-corrected chi connectivity index (χ2v) is 2.74. The number of hydrogen-bond acceptors (Lipinski definition) is 3. The van der Waals surface area contributed by atoms with Gasteiger partial charge in [-0.2, -0.15) is 4.39 Å². The molecular weight excluding hydrogens is 199 g/mol. The van der Waals surface area contributed by atoms with Gasteiger partial charge in [0.15, 0.2) is 0 Å². The largest absolute Gasteiger partial charge is 0.501 e. The van der Waals surface area contributed by atoms with Gasteiger partial charge < -0.3 is 15.8 Å². The van der Waals surface area contributed by atoms with Crippen LogP contribution in [-0.2, 0) is 9.53 Å². The van der Waals surface area contributed by atoms with E-state index in [1.54, 1.807) is 24.3 Å². The topological polar surface area (TPSA) is 64.3 Å². The summed E-state index contributed by atoms with van der Waals surface area (Å²) < 4.78 is 17.3. The van der Waals surface area contributed by atoms with Gasteiger partial charge in [-0.05, 0) is 12.1 Å². The van der Waals surface area contributed by atoms with Crippen LogP contribution in [0.3, 0.4) is 0 Å². The molecule has 0 aliphatic heterocycles. The van der Waals surface area contributed by atoms with Crippen molar-refractivity contribution in [2.45, 2.75) is 0 Å². The SMILES string of the molecule is CO/C=C(\F)C(=O)Nc1ccccc1N. The molecule has 1 aromatic rings. The maximum absolute atomic E-state index is 12.9. The maximum Gasteiger partial charge on any atom is 0.287 e. The minimum absolute atomic E-state index is 0.363. The summed E-state index contributed by atoms with van der Waals surface area (Å²) in [5.74, 6) is -1.91. The van der Waals surface area contributed by atoms with Gasteiger partial charge in [0.1, 0.15) is 6.26 Å². The molecule has 0 radical (unpaired) electrons. The number of nitrogens with one attached hydrogen (secondary N) is 1. The fourth-order valence-corrected chi connectivity index (χ4v) is 0.950. The Bertz CT molecular complexity index is 391. The van der Waals surface area contributed by atoms with E-state index in [1.165, 1.54) is 7.11 Å². The molecule has 0 fully saturated rings. The predicted molar refractivity (Wildman–Crippen MR) is 55.7 cm³/mol. The van der Waals surface area contributed by atoms with Crippen LogP contribution in [0.25, 0.3) is 0 Å². The van der Waals surface area contributed by atoms with Crippen LogP contribution in [0.15, 0.2) is 36.4 Å². The Hall–Kier alpha value is -2.04. The van der Waals surface area contributed by atoms with Crippen molar-refractivity contribution in [3.05, 3.63) is 36.4 Å². The van der Waals surface area contributed by atoms with E-state index in [2.05, 4.69) is 10.1 Å². The summed E-state index contributed by atoms with van der Waals surface area (Å²) in [7, 11) is 1.25. The highest BCUT2D eigenvalue weighted by Gasteiger charge is 2.10. The molecule has 0 aliphatic carbocycles. The Morgan fingerprint density at radius 1 is 1.53 bits per heavy atom. The average Bonchev–Trinajstić information content (AvgIpc) is 2.21. The number of anilines is 2. The molecule has 0 aliphatic rings. The number of carbonyl (C=O) groups is 1. The zero-order valence-corrected chi connectivity index (χ0v) is 8.16. The third kappa shape index (κ3) is 2.98. The number of methoxy groups -OCH3 is 1. The number of halogens is 1. The maximum atomic E-state index is 12.9. The van der Waals surface area contributed by atoms with Gasteiger partial charge in [-0.1, -0.05) is 12.1 Å². The van der Waals surface area contributed by atoms with Crippen LogP contribution < -0.4 is 11.1 Å². The summed E-state index contributed by atoms with van der Waals surface area (Å²) >= 11 is 0. The number of nitrogens with two attached hydrogens (primary N) is 1. The number of ether oxygens (including phenoxy) is 1. The molecule has 1 amide bonds. The van der Waals surface area contributed by atoms with E-state index in [9.17, 15) is 9.18 Å². The van der Waals surface area contributed by atoms with Crippen molar-refractivity contribution < 1.29 is 13.9 Å². The molecule has 0 saturated heterocycles. The first-order valence-corrected chi connectivity index (χ1v) is 4.19. The quantitative estimate of drug-likeness (QED) is 0.453. The third-order valence-electron chi connectivity index (χ3n) is 1.65. The number of hydrogen-bond donors (Lipinski definition) is 2. The van der Waals surface area contributed by atoms with Gasteiger partial charge in [-0.25, -0.2) is 0 Å². The van der Waals surface area contributed by atoms with Crippen LogP contribution in [0, 0.1) is 0 Å². The summed E-state index contributed by atoms with van der Waals surface area (Å²) in [5.41, 5.74) is 6.29. The molecule has 0 bridgehead atoms. The molecule has 0 atom stereocenters. The van der Waals surface area contributed by atoms with E-state index in [0.29, 0.717) is 17.6 Å². The lowest BCUT2D eigenvalue weighted by Gasteiger charge is -2.05. The van der Waals surface area contributed by atoms with Gasteiger partial charge in [0.2, 0.25) is 5.83 Å². The monoisotopic (exact) mass is 210 g/mol. The van der Waals surface area contributed by atoms with Crippen LogP contribution in [-0.4, -0.2) is 13.0 Å². The number of rotatable bonds is 3. The Balaban J connectivity index is 2.75. The highest BCUT2D eigenvalue weighted by atomic mass is 19.1. The lowest BCUT2D eigenvalue weighted by atomic mass is 10.2. The van der Waals surface area contributed by atoms with E-state index in [0.717, 1.165) is 0 Å². The van der Waals surface area contributed by atoms with E-state index in [1.807, 2.05) is 0 Å². The molecular formula is C10H11FN2O2. The summed E-state index contributed by atoms with van der Waals surface area (Å²) in [6.45, 7) is 0. The Morgan fingerprint density at radius 2 is 2.20 bits per heavy atom. The number of benzene rings is 1. The summed E-state index contributed by atoms with van der Waals surface area (Å²) in [4.78, 5) is 11.2. The Labute approximate surface area is 86.5 Å². The molecule has 5 heteroatoms. The lowest BCUT2D eigenvalue weighted by molar-refractivity contribution is -0.114. The Kier molecular flexibility index (Phi) is 3.68. The average molecular weight is 210 g/mol. The summed E-state index contributed by atoms with van der Waals surface area (Å²) in [6.07, 6.45) is 0.717. The molecule has 0 saturated carbocycles. The van der Waals surface area contributed by atoms with Gasteiger partial charge in [-0.3, -0.25) is 4.79 Å². The van der Waals surface area contributed by atoms with E-state index < -0.39 is 11.7 Å². The van der Waals surface area contributed by atoms with Crippen LogP contribution in [0.1, 0.15) is 0 Å². The number of para-hydroxylation sites is 2. The van der Waals surface area contributed by atoms with Crippen molar-refractivity contribution in [3.8, 4) is 0 Å². The van der Waals surface area contributed by atoms with Crippen molar-refractivity contribution in [3.63, 3.8) is 0 Å². The smallest absolute Gasteiger partial charge is 0.287 e. The molecule has 0 heterocycles. The number of carbonyl (C=O) groups excluding carboxylic acids is 1. The molecule has 15 heavy (non-hydrogen) atoms. The fourth-order valence-electron chi connectivity index (χ4n) is 0.950. The number of nitrogen functional groups attached to an aromatic ring is 1. The van der Waals surface area contributed by atoms with Crippen LogP contribution >= 0.6 is 0 Å². The Morgan fingerprint density at radius 3 is 2.80 bits per heavy atom. The third-order valence-corrected chi connectivity index (χ3v) is 1.65. The molecule has 80 valence electrons. The van der Waals surface area contributed by atoms with Crippen LogP contribution in [0.2, 0.25) is 0 Å². The van der Waals surface area contributed by atoms with Crippen molar-refractivity contribution >= 4 is 17.3 Å². The molecule has 1 aromatic carbocycles. The molecule has 0 spiro atoms. The van der Waals surface area contributed by atoms with E-state index >= 15 is 0 Å². The first-order valence-electron chi connectivity index (χ1n) is 4.19. The van der Waals surface area contributed by atoms with Gasteiger partial charge in [0, 0.05) is 0 Å².